The molecule has 1 aliphatic rings. The Bertz CT molecular complexity index is 418. The summed E-state index contributed by atoms with van der Waals surface area (Å²) in [5.41, 5.74) is 0.723. The third kappa shape index (κ3) is 2.21. The van der Waals surface area contributed by atoms with Gasteiger partial charge in [-0.15, -0.1) is 0 Å². The first-order chi connectivity index (χ1) is 7.88. The Morgan fingerprint density at radius 3 is 2.35 bits per heavy atom. The smallest absolute Gasteiger partial charge is 0.129 e. The van der Waals surface area contributed by atoms with Crippen molar-refractivity contribution in [2.75, 3.05) is 13.6 Å². The van der Waals surface area contributed by atoms with Gasteiger partial charge in [-0.3, -0.25) is 0 Å². The van der Waals surface area contributed by atoms with E-state index < -0.39 is 11.6 Å². The molecule has 0 aliphatic heterocycles. The third-order valence-corrected chi connectivity index (χ3v) is 3.65. The highest BCUT2D eigenvalue weighted by molar-refractivity contribution is 5.32. The summed E-state index contributed by atoms with van der Waals surface area (Å²) in [6.07, 6.45) is 1.87. The van der Waals surface area contributed by atoms with Crippen LogP contribution in [0.5, 0.6) is 0 Å². The molecule has 0 amide bonds. The van der Waals surface area contributed by atoms with E-state index in [9.17, 15) is 8.78 Å². The van der Waals surface area contributed by atoms with Gasteiger partial charge >= 0.3 is 0 Å². The van der Waals surface area contributed by atoms with Crippen molar-refractivity contribution in [3.63, 3.8) is 0 Å². The summed E-state index contributed by atoms with van der Waals surface area (Å²) in [5, 5.41) is 3.13. The van der Waals surface area contributed by atoms with Crippen LogP contribution in [-0.4, -0.2) is 13.6 Å². The van der Waals surface area contributed by atoms with Crippen LogP contribution < -0.4 is 5.32 Å². The van der Waals surface area contributed by atoms with Gasteiger partial charge in [0.2, 0.25) is 0 Å². The Labute approximate surface area is 101 Å². The monoisotopic (exact) mass is 239 g/mol. The molecule has 1 saturated carbocycles. The maximum Gasteiger partial charge on any atom is 0.129 e. The fourth-order valence-electron chi connectivity index (χ4n) is 3.45. The molecule has 0 heterocycles. The highest BCUT2D eigenvalue weighted by Crippen LogP contribution is 2.55. The van der Waals surface area contributed by atoms with Gasteiger partial charge in [-0.25, -0.2) is 8.78 Å². The van der Waals surface area contributed by atoms with Gasteiger partial charge in [0.25, 0.3) is 0 Å². The number of nitrogens with one attached hydrogen (secondary N) is 1. The van der Waals surface area contributed by atoms with E-state index in [1.54, 1.807) is 6.07 Å². The van der Waals surface area contributed by atoms with Crippen LogP contribution in [0.15, 0.2) is 18.2 Å². The van der Waals surface area contributed by atoms with Gasteiger partial charge in [0.15, 0.2) is 0 Å². The van der Waals surface area contributed by atoms with Crippen LogP contribution >= 0.6 is 0 Å². The Morgan fingerprint density at radius 1 is 1.24 bits per heavy atom. The van der Waals surface area contributed by atoms with Crippen molar-refractivity contribution in [1.82, 2.24) is 5.32 Å². The molecule has 1 fully saturated rings. The Balaban J connectivity index is 2.35. The molecule has 0 bridgehead atoms. The molecular formula is C14H19F2N. The minimum atomic E-state index is -0.510. The molecule has 1 N–H and O–H groups in total. The number of halogens is 2. The quantitative estimate of drug-likeness (QED) is 0.853. The van der Waals surface area contributed by atoms with E-state index in [0.717, 1.165) is 25.5 Å². The maximum atomic E-state index is 13.9. The average Bonchev–Trinajstić information content (AvgIpc) is 2.14. The Kier molecular flexibility index (Phi) is 2.98. The largest absolute Gasteiger partial charge is 0.319 e. The van der Waals surface area contributed by atoms with E-state index in [2.05, 4.69) is 19.2 Å². The molecular weight excluding hydrogens is 220 g/mol. The average molecular weight is 239 g/mol. The summed E-state index contributed by atoms with van der Waals surface area (Å²) in [5.74, 6) is -0.930. The molecule has 1 nitrogen and oxygen atoms in total. The summed E-state index contributed by atoms with van der Waals surface area (Å²) in [7, 11) is 1.87. The summed E-state index contributed by atoms with van der Waals surface area (Å²) in [6, 6.07) is 3.93. The van der Waals surface area contributed by atoms with E-state index in [1.807, 2.05) is 7.05 Å². The molecule has 0 atom stereocenters. The van der Waals surface area contributed by atoms with E-state index in [-0.39, 0.29) is 10.8 Å². The van der Waals surface area contributed by atoms with Crippen molar-refractivity contribution >= 4 is 0 Å². The zero-order chi connectivity index (χ0) is 12.7. The zero-order valence-corrected chi connectivity index (χ0v) is 10.6. The van der Waals surface area contributed by atoms with Crippen LogP contribution in [0.3, 0.4) is 0 Å². The van der Waals surface area contributed by atoms with Crippen LogP contribution in [0.1, 0.15) is 32.3 Å². The molecule has 0 unspecified atom stereocenters. The first-order valence-corrected chi connectivity index (χ1v) is 5.99. The molecule has 17 heavy (non-hydrogen) atoms. The second-order valence-electron chi connectivity index (χ2n) is 5.95. The lowest BCUT2D eigenvalue weighted by Crippen LogP contribution is -2.52. The SMILES string of the molecule is CNCC1(c2ccc(F)cc2F)CC(C)(C)C1. The molecule has 1 aliphatic carbocycles. The van der Waals surface area contributed by atoms with Crippen LogP contribution in [0.25, 0.3) is 0 Å². The van der Waals surface area contributed by atoms with Crippen molar-refractivity contribution in [2.45, 2.75) is 32.1 Å². The van der Waals surface area contributed by atoms with Crippen molar-refractivity contribution in [1.29, 1.82) is 0 Å². The maximum absolute atomic E-state index is 13.9. The van der Waals surface area contributed by atoms with Gasteiger partial charge in [0.1, 0.15) is 11.6 Å². The van der Waals surface area contributed by atoms with Crippen LogP contribution in [0.4, 0.5) is 8.78 Å². The molecule has 0 saturated heterocycles. The summed E-state index contributed by atoms with van der Waals surface area (Å²) < 4.78 is 26.8. The number of hydrogen-bond acceptors (Lipinski definition) is 1. The van der Waals surface area contributed by atoms with Gasteiger partial charge in [0.05, 0.1) is 0 Å². The normalized spacial score (nSPS) is 21.0. The fraction of sp³-hybridized carbons (Fsp3) is 0.571. The molecule has 1 aromatic carbocycles. The van der Waals surface area contributed by atoms with Crippen molar-refractivity contribution < 1.29 is 8.78 Å². The molecule has 3 heteroatoms. The van der Waals surface area contributed by atoms with Gasteiger partial charge in [-0.05, 0) is 36.9 Å². The lowest BCUT2D eigenvalue weighted by molar-refractivity contribution is 0.0550. The summed E-state index contributed by atoms with van der Waals surface area (Å²) in [4.78, 5) is 0. The summed E-state index contributed by atoms with van der Waals surface area (Å²) in [6.45, 7) is 5.10. The summed E-state index contributed by atoms with van der Waals surface area (Å²) >= 11 is 0. The second kappa shape index (κ2) is 4.05. The fourth-order valence-corrected chi connectivity index (χ4v) is 3.45. The van der Waals surface area contributed by atoms with E-state index in [1.165, 1.54) is 6.07 Å². The molecule has 2 rings (SSSR count). The highest BCUT2D eigenvalue weighted by Gasteiger charge is 2.50. The predicted octanol–water partition coefficient (Wildman–Crippen LogP) is 3.24. The molecule has 94 valence electrons. The lowest BCUT2D eigenvalue weighted by Gasteiger charge is -2.54. The minimum absolute atomic E-state index is 0.171. The van der Waals surface area contributed by atoms with E-state index in [0.29, 0.717) is 5.56 Å². The van der Waals surface area contributed by atoms with Crippen LogP contribution in [0.2, 0.25) is 0 Å². The van der Waals surface area contributed by atoms with Gasteiger partial charge in [-0.2, -0.15) is 0 Å². The van der Waals surface area contributed by atoms with E-state index in [4.69, 9.17) is 0 Å². The highest BCUT2D eigenvalue weighted by atomic mass is 19.1. The second-order valence-corrected chi connectivity index (χ2v) is 5.95. The number of likely N-dealkylation sites (N-methyl/N-ethyl adjacent to an activating group) is 1. The molecule has 0 aromatic heterocycles. The first-order valence-electron chi connectivity index (χ1n) is 5.99. The van der Waals surface area contributed by atoms with Crippen LogP contribution in [-0.2, 0) is 5.41 Å². The Morgan fingerprint density at radius 2 is 1.88 bits per heavy atom. The molecule has 0 spiro atoms. The topological polar surface area (TPSA) is 12.0 Å². The number of hydrogen-bond donors (Lipinski definition) is 1. The number of benzene rings is 1. The van der Waals surface area contributed by atoms with E-state index >= 15 is 0 Å². The van der Waals surface area contributed by atoms with Crippen molar-refractivity contribution in [2.24, 2.45) is 5.41 Å². The molecule has 1 aromatic rings. The van der Waals surface area contributed by atoms with Crippen molar-refractivity contribution in [3.05, 3.63) is 35.4 Å². The number of rotatable bonds is 3. The van der Waals surface area contributed by atoms with Gasteiger partial charge in [-0.1, -0.05) is 19.9 Å². The first kappa shape index (κ1) is 12.5. The standard InChI is InChI=1S/C14H19F2N/c1-13(2)7-14(8-13,9-17-3)11-5-4-10(15)6-12(11)16/h4-6,17H,7-9H2,1-3H3. The third-order valence-electron chi connectivity index (χ3n) is 3.65. The molecule has 0 radical (unpaired) electrons. The minimum Gasteiger partial charge on any atom is -0.319 e. The predicted molar refractivity (Wildman–Crippen MR) is 65.0 cm³/mol. The van der Waals surface area contributed by atoms with Gasteiger partial charge in [0, 0.05) is 18.0 Å². The lowest BCUT2D eigenvalue weighted by atomic mass is 9.52. The zero-order valence-electron chi connectivity index (χ0n) is 10.6. The Hall–Kier alpha value is -0.960. The van der Waals surface area contributed by atoms with Crippen molar-refractivity contribution in [3.8, 4) is 0 Å². The van der Waals surface area contributed by atoms with Gasteiger partial charge < -0.3 is 5.32 Å². The van der Waals surface area contributed by atoms with Crippen LogP contribution in [0, 0.1) is 17.0 Å².